The molecule has 2 N–H and O–H groups in total. The molecule has 2 heterocycles. The van der Waals surface area contributed by atoms with E-state index in [0.717, 1.165) is 5.56 Å². The van der Waals surface area contributed by atoms with Crippen molar-refractivity contribution in [2.45, 2.75) is 13.5 Å². The molecule has 0 saturated carbocycles. The molecule has 0 radical (unpaired) electrons. The number of hydrogen-bond acceptors (Lipinski definition) is 7. The van der Waals surface area contributed by atoms with E-state index in [1.54, 1.807) is 30.1 Å². The Labute approximate surface area is 143 Å². The van der Waals surface area contributed by atoms with Gasteiger partial charge >= 0.3 is 0 Å². The van der Waals surface area contributed by atoms with E-state index in [9.17, 15) is 10.1 Å². The average Bonchev–Trinajstić information content (AvgIpc) is 2.95. The Hall–Kier alpha value is -3.62. The highest BCUT2D eigenvalue weighted by Gasteiger charge is 2.10. The smallest absolute Gasteiger partial charge is 0.269 e. The van der Waals surface area contributed by atoms with Crippen LogP contribution in [0.1, 0.15) is 11.1 Å². The summed E-state index contributed by atoms with van der Waals surface area (Å²) in [7, 11) is 0. The van der Waals surface area contributed by atoms with Crippen molar-refractivity contribution in [1.82, 2.24) is 14.8 Å². The predicted octanol–water partition coefficient (Wildman–Crippen LogP) is 3.54. The lowest BCUT2D eigenvalue weighted by Crippen LogP contribution is -2.05. The molecule has 126 valence electrons. The topological polar surface area (TPSA) is 125 Å². The van der Waals surface area contributed by atoms with Crippen LogP contribution < -0.4 is 5.73 Å². The van der Waals surface area contributed by atoms with Gasteiger partial charge in [-0.1, -0.05) is 6.07 Å². The molecule has 9 heteroatoms. The van der Waals surface area contributed by atoms with E-state index < -0.39 is 4.92 Å². The van der Waals surface area contributed by atoms with E-state index in [0.29, 0.717) is 29.3 Å². The van der Waals surface area contributed by atoms with Gasteiger partial charge in [0.2, 0.25) is 0 Å². The second-order valence-corrected chi connectivity index (χ2v) is 5.36. The minimum Gasteiger partial charge on any atom is -0.382 e. The van der Waals surface area contributed by atoms with Crippen LogP contribution in [0.25, 0.3) is 0 Å². The van der Waals surface area contributed by atoms with Crippen LogP contribution >= 0.6 is 0 Å². The maximum atomic E-state index is 10.8. The lowest BCUT2D eigenvalue weighted by molar-refractivity contribution is -0.384. The van der Waals surface area contributed by atoms with Crippen LogP contribution in [0.5, 0.6) is 0 Å². The van der Waals surface area contributed by atoms with Crippen LogP contribution in [0.2, 0.25) is 0 Å². The number of nitro benzene ring substituents is 1. The summed E-state index contributed by atoms with van der Waals surface area (Å²) in [5.41, 5.74) is 8.65. The van der Waals surface area contributed by atoms with Crippen molar-refractivity contribution in [2.24, 2.45) is 10.2 Å². The monoisotopic (exact) mass is 337 g/mol. The van der Waals surface area contributed by atoms with Gasteiger partial charge < -0.3 is 5.73 Å². The number of hydrogen-bond donors (Lipinski definition) is 1. The van der Waals surface area contributed by atoms with Crippen molar-refractivity contribution in [2.75, 3.05) is 5.73 Å². The number of nitrogen functional groups attached to an aromatic ring is 1. The van der Waals surface area contributed by atoms with Crippen LogP contribution in [0, 0.1) is 17.0 Å². The summed E-state index contributed by atoms with van der Waals surface area (Å²) in [4.78, 5) is 14.4. The summed E-state index contributed by atoms with van der Waals surface area (Å²) in [5.74, 6) is 0.382. The van der Waals surface area contributed by atoms with Crippen molar-refractivity contribution in [3.63, 3.8) is 0 Å². The summed E-state index contributed by atoms with van der Waals surface area (Å²) < 4.78 is 1.61. The van der Waals surface area contributed by atoms with Crippen LogP contribution in [0.3, 0.4) is 0 Å². The van der Waals surface area contributed by atoms with E-state index in [-0.39, 0.29) is 5.69 Å². The molecule has 0 aliphatic rings. The first kappa shape index (κ1) is 16.2. The molecule has 0 saturated heterocycles. The number of nitro groups is 1. The number of benzene rings is 1. The molecule has 9 nitrogen and oxygen atoms in total. The summed E-state index contributed by atoms with van der Waals surface area (Å²) >= 11 is 0. The molecule has 25 heavy (non-hydrogen) atoms. The Balaban J connectivity index is 1.79. The maximum Gasteiger partial charge on any atom is 0.269 e. The fourth-order valence-corrected chi connectivity index (χ4v) is 2.23. The number of nitrogens with two attached hydrogens (primary N) is 1. The van der Waals surface area contributed by atoms with Gasteiger partial charge in [0.25, 0.3) is 5.69 Å². The quantitative estimate of drug-likeness (QED) is 0.433. The SMILES string of the molecule is Cc1cc([N+](=O)[O-])ccc1/N=N/c1cnn(Cc2cccnc2)c1N. The summed E-state index contributed by atoms with van der Waals surface area (Å²) in [6.45, 7) is 2.21. The highest BCUT2D eigenvalue weighted by molar-refractivity contribution is 5.57. The first-order valence-electron chi connectivity index (χ1n) is 7.41. The molecule has 0 aliphatic heterocycles. The van der Waals surface area contributed by atoms with Gasteiger partial charge in [-0.2, -0.15) is 10.2 Å². The van der Waals surface area contributed by atoms with Gasteiger partial charge in [0, 0.05) is 24.5 Å². The lowest BCUT2D eigenvalue weighted by atomic mass is 10.2. The lowest BCUT2D eigenvalue weighted by Gasteiger charge is -2.03. The molecule has 2 aromatic heterocycles. The van der Waals surface area contributed by atoms with E-state index in [4.69, 9.17) is 5.73 Å². The Bertz CT molecular complexity index is 935. The highest BCUT2D eigenvalue weighted by Crippen LogP contribution is 2.28. The zero-order valence-corrected chi connectivity index (χ0v) is 13.4. The first-order chi connectivity index (χ1) is 12.0. The maximum absolute atomic E-state index is 10.8. The Morgan fingerprint density at radius 3 is 2.72 bits per heavy atom. The van der Waals surface area contributed by atoms with E-state index in [1.807, 2.05) is 12.1 Å². The molecule has 3 rings (SSSR count). The van der Waals surface area contributed by atoms with Crippen LogP contribution in [-0.4, -0.2) is 19.7 Å². The summed E-state index contributed by atoms with van der Waals surface area (Å²) in [5, 5.41) is 23.2. The first-order valence-corrected chi connectivity index (χ1v) is 7.41. The van der Waals surface area contributed by atoms with Crippen molar-refractivity contribution in [1.29, 1.82) is 0 Å². The molecular formula is C16H15N7O2. The van der Waals surface area contributed by atoms with Gasteiger partial charge in [-0.3, -0.25) is 15.1 Å². The number of nitrogens with zero attached hydrogens (tertiary/aromatic N) is 6. The normalized spacial score (nSPS) is 11.1. The number of rotatable bonds is 5. The Morgan fingerprint density at radius 2 is 2.04 bits per heavy atom. The highest BCUT2D eigenvalue weighted by atomic mass is 16.6. The van der Waals surface area contributed by atoms with Crippen LogP contribution in [0.4, 0.5) is 22.9 Å². The summed E-state index contributed by atoms with van der Waals surface area (Å²) in [6, 6.07) is 8.15. The van der Waals surface area contributed by atoms with Gasteiger partial charge in [-0.15, -0.1) is 5.11 Å². The zero-order valence-electron chi connectivity index (χ0n) is 13.4. The second-order valence-electron chi connectivity index (χ2n) is 5.36. The van der Waals surface area contributed by atoms with E-state index in [2.05, 4.69) is 20.3 Å². The van der Waals surface area contributed by atoms with Crippen molar-refractivity contribution in [3.8, 4) is 0 Å². The third kappa shape index (κ3) is 3.66. The van der Waals surface area contributed by atoms with Gasteiger partial charge in [0.15, 0.2) is 0 Å². The van der Waals surface area contributed by atoms with Crippen LogP contribution in [-0.2, 0) is 6.54 Å². The largest absolute Gasteiger partial charge is 0.382 e. The van der Waals surface area contributed by atoms with Gasteiger partial charge in [0.1, 0.15) is 11.5 Å². The molecule has 0 atom stereocenters. The van der Waals surface area contributed by atoms with Crippen molar-refractivity contribution >= 4 is 22.9 Å². The molecule has 3 aromatic rings. The molecule has 0 fully saturated rings. The zero-order chi connectivity index (χ0) is 17.8. The average molecular weight is 337 g/mol. The second kappa shape index (κ2) is 6.87. The summed E-state index contributed by atoms with van der Waals surface area (Å²) in [6.07, 6.45) is 4.96. The molecule has 0 spiro atoms. The molecule has 0 bridgehead atoms. The molecule has 0 unspecified atom stereocenters. The van der Waals surface area contributed by atoms with Gasteiger partial charge in [0.05, 0.1) is 23.4 Å². The minimum atomic E-state index is -0.450. The van der Waals surface area contributed by atoms with Crippen molar-refractivity contribution < 1.29 is 4.92 Å². The standard InChI is InChI=1S/C16H15N7O2/c1-11-7-13(23(24)25)4-5-14(11)20-21-15-9-19-22(16(15)17)10-12-3-2-6-18-8-12/h2-9H,10,17H2,1H3/b21-20+. The Morgan fingerprint density at radius 1 is 1.24 bits per heavy atom. The number of anilines is 1. The van der Waals surface area contributed by atoms with Crippen LogP contribution in [0.15, 0.2) is 59.2 Å². The molecule has 1 aromatic carbocycles. The predicted molar refractivity (Wildman–Crippen MR) is 92.0 cm³/mol. The fraction of sp³-hybridized carbons (Fsp3) is 0.125. The third-order valence-corrected chi connectivity index (χ3v) is 3.57. The fourth-order valence-electron chi connectivity index (χ4n) is 2.23. The van der Waals surface area contributed by atoms with E-state index in [1.165, 1.54) is 18.3 Å². The number of pyridine rings is 1. The number of aromatic nitrogens is 3. The Kier molecular flexibility index (Phi) is 4.46. The third-order valence-electron chi connectivity index (χ3n) is 3.57. The van der Waals surface area contributed by atoms with E-state index >= 15 is 0 Å². The number of aryl methyl sites for hydroxylation is 1. The van der Waals surface area contributed by atoms with Crippen molar-refractivity contribution in [3.05, 3.63) is 70.2 Å². The molecule has 0 amide bonds. The molecule has 0 aliphatic carbocycles. The van der Waals surface area contributed by atoms with Gasteiger partial charge in [-0.05, 0) is 30.2 Å². The number of non-ortho nitro benzene ring substituents is 1. The molecular weight excluding hydrogens is 322 g/mol. The number of azo groups is 1. The minimum absolute atomic E-state index is 0.0141. The van der Waals surface area contributed by atoms with Gasteiger partial charge in [-0.25, -0.2) is 4.68 Å².